The summed E-state index contributed by atoms with van der Waals surface area (Å²) in [5.41, 5.74) is 3.20. The van der Waals surface area contributed by atoms with Crippen LogP contribution in [-0.4, -0.2) is 21.1 Å². The number of carbonyl (C=O) groups is 1. The number of benzene rings is 1. The van der Waals surface area contributed by atoms with Gasteiger partial charge >= 0.3 is 0 Å². The molecule has 0 amide bonds. The zero-order valence-electron chi connectivity index (χ0n) is 11.3. The van der Waals surface area contributed by atoms with Gasteiger partial charge in [0.1, 0.15) is 11.5 Å². The molecule has 3 aromatic rings. The summed E-state index contributed by atoms with van der Waals surface area (Å²) in [4.78, 5) is 15.5. The first-order chi connectivity index (χ1) is 10.2. The van der Waals surface area contributed by atoms with Crippen molar-refractivity contribution in [3.05, 3.63) is 66.0 Å². The van der Waals surface area contributed by atoms with Crippen molar-refractivity contribution in [2.45, 2.75) is 6.92 Å². The van der Waals surface area contributed by atoms with Gasteiger partial charge in [0, 0.05) is 18.0 Å². The second-order valence-electron chi connectivity index (χ2n) is 4.59. The number of halogens is 1. The molecule has 0 fully saturated rings. The number of pyridine rings is 1. The molecule has 2 aromatic heterocycles. The molecule has 0 radical (unpaired) electrons. The maximum absolute atomic E-state index is 13.4. The molecule has 0 unspecified atom stereocenters. The average molecular weight is 281 g/mol. The SMILES string of the molecule is Cc1nn(-c2cccc(F)c2)c(C=O)c1-c1ccncc1. The first-order valence-corrected chi connectivity index (χ1v) is 6.42. The summed E-state index contributed by atoms with van der Waals surface area (Å²) in [6, 6.07) is 9.61. The van der Waals surface area contributed by atoms with Crippen molar-refractivity contribution < 1.29 is 9.18 Å². The summed E-state index contributed by atoms with van der Waals surface area (Å²) in [6.07, 6.45) is 4.05. The Balaban J connectivity index is 2.23. The largest absolute Gasteiger partial charge is 0.296 e. The maximum atomic E-state index is 13.4. The lowest BCUT2D eigenvalue weighted by atomic mass is 10.1. The maximum Gasteiger partial charge on any atom is 0.169 e. The Morgan fingerprint density at radius 2 is 1.95 bits per heavy atom. The lowest BCUT2D eigenvalue weighted by Crippen LogP contribution is -2.02. The topological polar surface area (TPSA) is 47.8 Å². The van der Waals surface area contributed by atoms with Gasteiger partial charge in [0.25, 0.3) is 0 Å². The van der Waals surface area contributed by atoms with Gasteiger partial charge in [-0.25, -0.2) is 9.07 Å². The molecule has 104 valence electrons. The first-order valence-electron chi connectivity index (χ1n) is 6.42. The van der Waals surface area contributed by atoms with Gasteiger partial charge < -0.3 is 0 Å². The zero-order chi connectivity index (χ0) is 14.8. The van der Waals surface area contributed by atoms with Crippen LogP contribution >= 0.6 is 0 Å². The van der Waals surface area contributed by atoms with Crippen LogP contribution in [0.1, 0.15) is 16.2 Å². The van der Waals surface area contributed by atoms with Crippen molar-refractivity contribution in [3.8, 4) is 16.8 Å². The van der Waals surface area contributed by atoms with E-state index in [9.17, 15) is 9.18 Å². The number of carbonyl (C=O) groups excluding carboxylic acids is 1. The zero-order valence-corrected chi connectivity index (χ0v) is 11.3. The van der Waals surface area contributed by atoms with Crippen LogP contribution in [0.3, 0.4) is 0 Å². The molecule has 0 N–H and O–H groups in total. The van der Waals surface area contributed by atoms with Crippen LogP contribution in [0.25, 0.3) is 16.8 Å². The molecule has 5 heteroatoms. The summed E-state index contributed by atoms with van der Waals surface area (Å²) < 4.78 is 14.8. The highest BCUT2D eigenvalue weighted by atomic mass is 19.1. The highest BCUT2D eigenvalue weighted by Gasteiger charge is 2.17. The van der Waals surface area contributed by atoms with Crippen LogP contribution in [0.2, 0.25) is 0 Å². The van der Waals surface area contributed by atoms with E-state index in [2.05, 4.69) is 10.1 Å². The standard InChI is InChI=1S/C16H12FN3O/c1-11-16(12-5-7-18-8-6-12)15(10-21)20(19-11)14-4-2-3-13(17)9-14/h2-10H,1H3. The van der Waals surface area contributed by atoms with Crippen LogP contribution in [0.4, 0.5) is 4.39 Å². The van der Waals surface area contributed by atoms with Gasteiger partial charge in [-0.05, 0) is 42.8 Å². The Labute approximate surface area is 120 Å². The third-order valence-corrected chi connectivity index (χ3v) is 3.23. The highest BCUT2D eigenvalue weighted by molar-refractivity contribution is 5.87. The smallest absolute Gasteiger partial charge is 0.169 e. The molecule has 1 aromatic carbocycles. The fourth-order valence-electron chi connectivity index (χ4n) is 2.33. The Morgan fingerprint density at radius 1 is 1.19 bits per heavy atom. The first kappa shape index (κ1) is 13.2. The van der Waals surface area contributed by atoms with Crippen LogP contribution in [0.15, 0.2) is 48.8 Å². The number of aryl methyl sites for hydroxylation is 1. The highest BCUT2D eigenvalue weighted by Crippen LogP contribution is 2.27. The van der Waals surface area contributed by atoms with E-state index < -0.39 is 0 Å². The van der Waals surface area contributed by atoms with E-state index in [0.29, 0.717) is 17.1 Å². The molecule has 21 heavy (non-hydrogen) atoms. The Hall–Kier alpha value is -2.82. The molecule has 0 aliphatic heterocycles. The summed E-state index contributed by atoms with van der Waals surface area (Å²) >= 11 is 0. The van der Waals surface area contributed by atoms with Gasteiger partial charge in [0.15, 0.2) is 6.29 Å². The van der Waals surface area contributed by atoms with Crippen LogP contribution in [-0.2, 0) is 0 Å². The fourth-order valence-corrected chi connectivity index (χ4v) is 2.33. The van der Waals surface area contributed by atoms with Gasteiger partial charge in [0.05, 0.1) is 11.4 Å². The van der Waals surface area contributed by atoms with Crippen molar-refractivity contribution in [1.82, 2.24) is 14.8 Å². The summed E-state index contributed by atoms with van der Waals surface area (Å²) in [5, 5.41) is 4.37. The number of aldehydes is 1. The van der Waals surface area contributed by atoms with Gasteiger partial charge in [-0.2, -0.15) is 5.10 Å². The van der Waals surface area contributed by atoms with Crippen molar-refractivity contribution in [3.63, 3.8) is 0 Å². The quantitative estimate of drug-likeness (QED) is 0.693. The monoisotopic (exact) mass is 281 g/mol. The van der Waals surface area contributed by atoms with E-state index in [1.165, 1.54) is 16.8 Å². The van der Waals surface area contributed by atoms with E-state index in [4.69, 9.17) is 0 Å². The minimum absolute atomic E-state index is 0.372. The molecule has 0 atom stereocenters. The van der Waals surface area contributed by atoms with Crippen molar-refractivity contribution in [2.75, 3.05) is 0 Å². The number of aromatic nitrogens is 3. The second kappa shape index (κ2) is 5.28. The molecule has 0 saturated heterocycles. The molecule has 0 bridgehead atoms. The van der Waals surface area contributed by atoms with Gasteiger partial charge in [0.2, 0.25) is 0 Å². The normalized spacial score (nSPS) is 10.6. The number of rotatable bonds is 3. The van der Waals surface area contributed by atoms with Gasteiger partial charge in [-0.15, -0.1) is 0 Å². The molecular weight excluding hydrogens is 269 g/mol. The predicted octanol–water partition coefficient (Wildman–Crippen LogP) is 3.19. The van der Waals surface area contributed by atoms with E-state index in [1.54, 1.807) is 24.5 Å². The molecule has 4 nitrogen and oxygen atoms in total. The minimum atomic E-state index is -0.372. The molecule has 3 rings (SSSR count). The summed E-state index contributed by atoms with van der Waals surface area (Å²) in [7, 11) is 0. The average Bonchev–Trinajstić information content (AvgIpc) is 2.84. The Bertz CT molecular complexity index is 797. The number of hydrogen-bond donors (Lipinski definition) is 0. The Kier molecular flexibility index (Phi) is 3.31. The third kappa shape index (κ3) is 2.33. The summed E-state index contributed by atoms with van der Waals surface area (Å²) in [6.45, 7) is 1.82. The lowest BCUT2D eigenvalue weighted by Gasteiger charge is -2.04. The van der Waals surface area contributed by atoms with Crippen molar-refractivity contribution in [1.29, 1.82) is 0 Å². The number of hydrogen-bond acceptors (Lipinski definition) is 3. The third-order valence-electron chi connectivity index (χ3n) is 3.23. The lowest BCUT2D eigenvalue weighted by molar-refractivity contribution is 0.111. The molecular formula is C16H12FN3O. The van der Waals surface area contributed by atoms with Gasteiger partial charge in [-0.3, -0.25) is 9.78 Å². The van der Waals surface area contributed by atoms with Crippen LogP contribution in [0.5, 0.6) is 0 Å². The predicted molar refractivity (Wildman–Crippen MR) is 76.9 cm³/mol. The molecule has 2 heterocycles. The van der Waals surface area contributed by atoms with Crippen molar-refractivity contribution >= 4 is 6.29 Å². The molecule has 0 aliphatic rings. The van der Waals surface area contributed by atoms with Crippen LogP contribution in [0, 0.1) is 12.7 Å². The molecule has 0 aliphatic carbocycles. The second-order valence-corrected chi connectivity index (χ2v) is 4.59. The molecule has 0 saturated carbocycles. The molecule has 0 spiro atoms. The van der Waals surface area contributed by atoms with E-state index >= 15 is 0 Å². The summed E-state index contributed by atoms with van der Waals surface area (Å²) in [5.74, 6) is -0.372. The van der Waals surface area contributed by atoms with E-state index in [-0.39, 0.29) is 5.82 Å². The minimum Gasteiger partial charge on any atom is -0.296 e. The van der Waals surface area contributed by atoms with E-state index in [0.717, 1.165) is 17.4 Å². The fraction of sp³-hybridized carbons (Fsp3) is 0.0625. The van der Waals surface area contributed by atoms with Crippen molar-refractivity contribution in [2.24, 2.45) is 0 Å². The Morgan fingerprint density at radius 3 is 2.62 bits per heavy atom. The van der Waals surface area contributed by atoms with Crippen LogP contribution < -0.4 is 0 Å². The van der Waals surface area contributed by atoms with Gasteiger partial charge in [-0.1, -0.05) is 6.07 Å². The van der Waals surface area contributed by atoms with E-state index in [1.807, 2.05) is 19.1 Å². The number of nitrogens with zero attached hydrogens (tertiary/aromatic N) is 3.